The minimum absolute atomic E-state index is 0.0404. The fourth-order valence-electron chi connectivity index (χ4n) is 2.71. The molecule has 7 nitrogen and oxygen atoms in total. The normalized spacial score (nSPS) is 11.0. The van der Waals surface area contributed by atoms with Crippen LogP contribution in [0.5, 0.6) is 5.75 Å². The molecule has 2 amide bonds. The summed E-state index contributed by atoms with van der Waals surface area (Å²) in [5.41, 5.74) is -0.614. The van der Waals surface area contributed by atoms with Crippen molar-refractivity contribution >= 4 is 34.8 Å². The summed E-state index contributed by atoms with van der Waals surface area (Å²) >= 11 is 5.05. The molecule has 0 aliphatic heterocycles. The number of rotatable bonds is 8. The zero-order chi connectivity index (χ0) is 24.6. The van der Waals surface area contributed by atoms with Crippen LogP contribution >= 0.6 is 12.2 Å². The van der Waals surface area contributed by atoms with Gasteiger partial charge < -0.3 is 15.0 Å². The van der Waals surface area contributed by atoms with E-state index < -0.39 is 17.6 Å². The number of halogens is 3. The van der Waals surface area contributed by atoms with E-state index >= 15 is 0 Å². The first-order chi connectivity index (χ1) is 15.5. The minimum atomic E-state index is -4.62. The average Bonchev–Trinajstić information content (AvgIpc) is 2.76. The van der Waals surface area contributed by atoms with Crippen LogP contribution in [0.1, 0.15) is 52.6 Å². The van der Waals surface area contributed by atoms with Crippen LogP contribution in [0.3, 0.4) is 0 Å². The number of amides is 2. The van der Waals surface area contributed by atoms with Crippen LogP contribution in [-0.4, -0.2) is 47.5 Å². The smallest absolute Gasteiger partial charge is 0.420 e. The van der Waals surface area contributed by atoms with Crippen LogP contribution in [0.4, 0.5) is 18.9 Å². The molecule has 1 aromatic heterocycles. The molecular formula is C22H25F3N4O3S. The van der Waals surface area contributed by atoms with Gasteiger partial charge in [0.05, 0.1) is 17.7 Å². The van der Waals surface area contributed by atoms with Gasteiger partial charge in [-0.2, -0.15) is 13.2 Å². The Morgan fingerprint density at radius 2 is 1.88 bits per heavy atom. The lowest BCUT2D eigenvalue weighted by atomic mass is 10.1. The molecule has 1 heterocycles. The second kappa shape index (κ2) is 11.6. The molecular weight excluding hydrogens is 457 g/mol. The van der Waals surface area contributed by atoms with Crippen molar-refractivity contribution in [1.29, 1.82) is 0 Å². The summed E-state index contributed by atoms with van der Waals surface area (Å²) in [5.74, 6) is -1.22. The van der Waals surface area contributed by atoms with Crippen molar-refractivity contribution in [3.8, 4) is 5.75 Å². The van der Waals surface area contributed by atoms with E-state index in [1.54, 1.807) is 14.1 Å². The van der Waals surface area contributed by atoms with E-state index in [0.29, 0.717) is 6.42 Å². The third kappa shape index (κ3) is 7.70. The highest BCUT2D eigenvalue weighted by Gasteiger charge is 2.34. The average molecular weight is 483 g/mol. The maximum absolute atomic E-state index is 13.5. The molecule has 0 saturated carbocycles. The van der Waals surface area contributed by atoms with Crippen molar-refractivity contribution in [2.75, 3.05) is 26.0 Å². The number of nitrogens with one attached hydrogen (secondary N) is 2. The zero-order valence-corrected chi connectivity index (χ0v) is 19.3. The number of carbonyl (C=O) groups excluding carboxylic acids is 2. The summed E-state index contributed by atoms with van der Waals surface area (Å²) in [6.45, 7) is 2.17. The summed E-state index contributed by atoms with van der Waals surface area (Å²) in [6.07, 6.45) is -0.973. The van der Waals surface area contributed by atoms with Crippen molar-refractivity contribution in [2.45, 2.75) is 32.4 Å². The number of benzene rings is 1. The van der Waals surface area contributed by atoms with E-state index in [2.05, 4.69) is 15.6 Å². The first kappa shape index (κ1) is 26.0. The lowest BCUT2D eigenvalue weighted by Crippen LogP contribution is -2.34. The monoisotopic (exact) mass is 482 g/mol. The fraction of sp³-hybridized carbons (Fsp3) is 0.364. The van der Waals surface area contributed by atoms with Crippen LogP contribution in [0, 0.1) is 0 Å². The Morgan fingerprint density at radius 3 is 2.45 bits per heavy atom. The second-order valence-electron chi connectivity index (χ2n) is 7.30. The summed E-state index contributed by atoms with van der Waals surface area (Å²) < 4.78 is 45.7. The van der Waals surface area contributed by atoms with Gasteiger partial charge in [-0.25, -0.2) is 0 Å². The number of thiocarbonyl (C=S) groups is 1. The second-order valence-corrected chi connectivity index (χ2v) is 7.71. The van der Waals surface area contributed by atoms with E-state index in [1.807, 2.05) is 6.92 Å². The molecule has 0 radical (unpaired) electrons. The van der Waals surface area contributed by atoms with Crippen LogP contribution in [0.25, 0.3) is 0 Å². The number of anilines is 1. The maximum atomic E-state index is 13.5. The fourth-order valence-corrected chi connectivity index (χ4v) is 2.92. The van der Waals surface area contributed by atoms with E-state index in [-0.39, 0.29) is 40.3 Å². The molecule has 0 bridgehead atoms. The Bertz CT molecular complexity index is 995. The third-order valence-corrected chi connectivity index (χ3v) is 4.63. The number of pyridine rings is 1. The van der Waals surface area contributed by atoms with Gasteiger partial charge in [0.2, 0.25) is 0 Å². The predicted molar refractivity (Wildman–Crippen MR) is 122 cm³/mol. The largest absolute Gasteiger partial charge is 0.493 e. The van der Waals surface area contributed by atoms with Gasteiger partial charge >= 0.3 is 6.18 Å². The maximum Gasteiger partial charge on any atom is 0.420 e. The molecule has 1 aromatic carbocycles. The summed E-state index contributed by atoms with van der Waals surface area (Å²) in [4.78, 5) is 29.5. The van der Waals surface area contributed by atoms with E-state index in [0.717, 1.165) is 18.9 Å². The molecule has 0 aliphatic rings. The van der Waals surface area contributed by atoms with Crippen molar-refractivity contribution in [1.82, 2.24) is 15.2 Å². The molecule has 0 aliphatic carbocycles. The number of unbranched alkanes of at least 4 members (excludes halogenated alkanes) is 2. The SMILES string of the molecule is CCCCCOc1ccc(NC(=S)NC(=O)c2ccc(C(=O)N(C)C)nc2)cc1C(F)(F)F. The van der Waals surface area contributed by atoms with Gasteiger partial charge in [0.1, 0.15) is 11.4 Å². The standard InChI is InChI=1S/C22H25F3N4O3S/c1-4-5-6-11-32-18-10-8-15(12-16(18)22(23,24)25)27-21(33)28-19(30)14-7-9-17(26-13-14)20(31)29(2)3/h7-10,12-13H,4-6,11H2,1-3H3,(H2,27,28,30,33). The summed E-state index contributed by atoms with van der Waals surface area (Å²) in [5, 5.41) is 4.74. The Balaban J connectivity index is 2.05. The van der Waals surface area contributed by atoms with E-state index in [9.17, 15) is 22.8 Å². The molecule has 11 heteroatoms. The number of ether oxygens (including phenoxy) is 1. The van der Waals surface area contributed by atoms with Gasteiger partial charge in [-0.3, -0.25) is 19.9 Å². The predicted octanol–water partition coefficient (Wildman–Crippen LogP) is 4.50. The molecule has 0 atom stereocenters. The molecule has 0 unspecified atom stereocenters. The van der Waals surface area contributed by atoms with Crippen LogP contribution in [-0.2, 0) is 6.18 Å². The van der Waals surface area contributed by atoms with Crippen LogP contribution in [0.2, 0.25) is 0 Å². The Morgan fingerprint density at radius 1 is 1.15 bits per heavy atom. The Labute approximate surface area is 195 Å². The lowest BCUT2D eigenvalue weighted by molar-refractivity contribution is -0.138. The van der Waals surface area contributed by atoms with E-state index in [1.165, 1.54) is 35.4 Å². The van der Waals surface area contributed by atoms with Crippen molar-refractivity contribution in [3.05, 3.63) is 53.3 Å². The number of nitrogens with zero attached hydrogens (tertiary/aromatic N) is 2. The minimum Gasteiger partial charge on any atom is -0.493 e. The van der Waals surface area contributed by atoms with Crippen molar-refractivity contribution < 1.29 is 27.5 Å². The Kier molecular flexibility index (Phi) is 9.15. The van der Waals surface area contributed by atoms with Crippen LogP contribution < -0.4 is 15.4 Å². The van der Waals surface area contributed by atoms with E-state index in [4.69, 9.17) is 17.0 Å². The molecule has 2 N–H and O–H groups in total. The van der Waals surface area contributed by atoms with Crippen molar-refractivity contribution in [3.63, 3.8) is 0 Å². The topological polar surface area (TPSA) is 83.6 Å². The highest BCUT2D eigenvalue weighted by atomic mass is 32.1. The number of alkyl halides is 3. The number of hydrogen-bond donors (Lipinski definition) is 2. The number of hydrogen-bond acceptors (Lipinski definition) is 5. The molecule has 178 valence electrons. The Hall–Kier alpha value is -3.21. The van der Waals surface area contributed by atoms with Gasteiger partial charge in [0, 0.05) is 26.0 Å². The van der Waals surface area contributed by atoms with Gasteiger partial charge in [-0.15, -0.1) is 0 Å². The van der Waals surface area contributed by atoms with Gasteiger partial charge in [0.25, 0.3) is 11.8 Å². The van der Waals surface area contributed by atoms with Crippen molar-refractivity contribution in [2.24, 2.45) is 0 Å². The molecule has 33 heavy (non-hydrogen) atoms. The first-order valence-electron chi connectivity index (χ1n) is 10.2. The highest BCUT2D eigenvalue weighted by Crippen LogP contribution is 2.38. The number of aromatic nitrogens is 1. The molecule has 0 saturated heterocycles. The highest BCUT2D eigenvalue weighted by molar-refractivity contribution is 7.80. The van der Waals surface area contributed by atoms with Gasteiger partial charge in [-0.05, 0) is 49.0 Å². The third-order valence-electron chi connectivity index (χ3n) is 4.43. The lowest BCUT2D eigenvalue weighted by Gasteiger charge is -2.16. The summed E-state index contributed by atoms with van der Waals surface area (Å²) in [7, 11) is 3.15. The van der Waals surface area contributed by atoms with Gasteiger partial charge in [0.15, 0.2) is 5.11 Å². The summed E-state index contributed by atoms with van der Waals surface area (Å²) in [6, 6.07) is 6.26. The zero-order valence-electron chi connectivity index (χ0n) is 18.5. The first-order valence-corrected chi connectivity index (χ1v) is 10.6. The molecule has 0 spiro atoms. The molecule has 0 fully saturated rings. The van der Waals surface area contributed by atoms with Gasteiger partial charge in [-0.1, -0.05) is 19.8 Å². The molecule has 2 rings (SSSR count). The molecule has 2 aromatic rings. The quantitative estimate of drug-likeness (QED) is 0.426. The van der Waals surface area contributed by atoms with Crippen LogP contribution in [0.15, 0.2) is 36.5 Å². The number of carbonyl (C=O) groups is 2.